The summed E-state index contributed by atoms with van der Waals surface area (Å²) in [5.74, 6) is -0.139. The van der Waals surface area contributed by atoms with E-state index in [1.807, 2.05) is 0 Å². The molecule has 0 fully saturated rings. The first-order valence-corrected chi connectivity index (χ1v) is 4.50. The van der Waals surface area contributed by atoms with Gasteiger partial charge in [-0.1, -0.05) is 11.6 Å². The van der Waals surface area contributed by atoms with E-state index in [1.165, 1.54) is 18.3 Å². The lowest BCUT2D eigenvalue weighted by Gasteiger charge is -1.94. The summed E-state index contributed by atoms with van der Waals surface area (Å²) in [7, 11) is 0. The molecule has 0 saturated heterocycles. The van der Waals surface area contributed by atoms with Crippen molar-refractivity contribution in [2.45, 2.75) is 0 Å². The lowest BCUT2D eigenvalue weighted by Crippen LogP contribution is -2.63. The molecule has 0 spiro atoms. The standard InChI is InChI=1S/C8H8ClN5O2/c9-6-2-1-5(3-7(6)14(15)16)4-12-13-8(10)11/h1-4H,(H4,10,11,13)/p+1/b12-4-. The Morgan fingerprint density at radius 3 is 2.81 bits per heavy atom. The Balaban J connectivity index is 3.00. The minimum absolute atomic E-state index is 0.0731. The number of nitro benzene ring substituents is 1. The summed E-state index contributed by atoms with van der Waals surface area (Å²) in [6, 6.07) is 4.31. The topological polar surface area (TPSA) is 122 Å². The van der Waals surface area contributed by atoms with Gasteiger partial charge in [-0.05, 0) is 12.1 Å². The number of nitrogens with one attached hydrogen (secondary N) is 1. The molecule has 1 aromatic rings. The van der Waals surface area contributed by atoms with E-state index in [9.17, 15) is 10.1 Å². The fraction of sp³-hybridized carbons (Fsp3) is 0. The third-order valence-electron chi connectivity index (χ3n) is 1.59. The Morgan fingerprint density at radius 1 is 1.56 bits per heavy atom. The van der Waals surface area contributed by atoms with Crippen molar-refractivity contribution < 1.29 is 10.0 Å². The molecule has 0 amide bonds. The van der Waals surface area contributed by atoms with Crippen molar-refractivity contribution in [3.63, 3.8) is 0 Å². The zero-order chi connectivity index (χ0) is 12.1. The van der Waals surface area contributed by atoms with Gasteiger partial charge in [-0.2, -0.15) is 0 Å². The van der Waals surface area contributed by atoms with E-state index in [0.29, 0.717) is 5.56 Å². The molecule has 16 heavy (non-hydrogen) atoms. The normalized spacial score (nSPS) is 10.3. The van der Waals surface area contributed by atoms with E-state index in [1.54, 1.807) is 6.07 Å². The monoisotopic (exact) mass is 242 g/mol. The van der Waals surface area contributed by atoms with E-state index in [2.05, 4.69) is 10.2 Å². The van der Waals surface area contributed by atoms with Gasteiger partial charge in [-0.3, -0.25) is 10.1 Å². The molecule has 0 aromatic heterocycles. The number of nitro groups is 1. The molecule has 0 heterocycles. The molecule has 84 valence electrons. The number of hydrogen-bond acceptors (Lipinski definition) is 3. The highest BCUT2D eigenvalue weighted by Gasteiger charge is 2.12. The van der Waals surface area contributed by atoms with E-state index in [-0.39, 0.29) is 16.7 Å². The second-order valence-electron chi connectivity index (χ2n) is 2.78. The summed E-state index contributed by atoms with van der Waals surface area (Å²) in [4.78, 5) is 10.0. The lowest BCUT2D eigenvalue weighted by atomic mass is 10.2. The number of rotatable bonds is 3. The molecule has 0 aliphatic heterocycles. The molecular weight excluding hydrogens is 234 g/mol. The van der Waals surface area contributed by atoms with E-state index >= 15 is 0 Å². The number of nitrogens with zero attached hydrogens (tertiary/aromatic N) is 2. The van der Waals surface area contributed by atoms with Crippen LogP contribution in [0.4, 0.5) is 5.69 Å². The molecule has 0 radical (unpaired) electrons. The van der Waals surface area contributed by atoms with E-state index < -0.39 is 4.92 Å². The van der Waals surface area contributed by atoms with Gasteiger partial charge in [0.2, 0.25) is 6.21 Å². The largest absolute Gasteiger partial charge is 0.365 e. The van der Waals surface area contributed by atoms with Crippen LogP contribution in [-0.4, -0.2) is 17.1 Å². The molecule has 8 heteroatoms. The van der Waals surface area contributed by atoms with Crippen molar-refractivity contribution in [3.05, 3.63) is 38.9 Å². The van der Waals surface area contributed by atoms with Crippen molar-refractivity contribution >= 4 is 29.5 Å². The molecule has 0 aliphatic rings. The zero-order valence-electron chi connectivity index (χ0n) is 8.05. The quantitative estimate of drug-likeness (QED) is 0.271. The summed E-state index contributed by atoms with van der Waals surface area (Å²) in [6.45, 7) is 0. The highest BCUT2D eigenvalue weighted by molar-refractivity contribution is 6.32. The van der Waals surface area contributed by atoms with Crippen LogP contribution in [0.15, 0.2) is 23.3 Å². The first-order chi connectivity index (χ1) is 7.50. The Labute approximate surface area is 95.6 Å². The van der Waals surface area contributed by atoms with Crippen LogP contribution in [0.2, 0.25) is 5.02 Å². The average molecular weight is 243 g/mol. The molecule has 1 aromatic carbocycles. The number of hydrogen-bond donors (Lipinski definition) is 3. The highest BCUT2D eigenvalue weighted by atomic mass is 35.5. The van der Waals surface area contributed by atoms with Crippen molar-refractivity contribution in [2.24, 2.45) is 16.6 Å². The fourth-order valence-electron chi connectivity index (χ4n) is 0.941. The average Bonchev–Trinajstić information content (AvgIpc) is 2.19. The van der Waals surface area contributed by atoms with Crippen molar-refractivity contribution in [3.8, 4) is 0 Å². The van der Waals surface area contributed by atoms with Gasteiger partial charge in [0.25, 0.3) is 11.6 Å². The molecule has 0 saturated carbocycles. The maximum absolute atomic E-state index is 10.6. The summed E-state index contributed by atoms with van der Waals surface area (Å²) in [5, 5.41) is 16.6. The molecule has 0 unspecified atom stereocenters. The Morgan fingerprint density at radius 2 is 2.25 bits per heavy atom. The minimum atomic E-state index is -0.569. The van der Waals surface area contributed by atoms with Crippen molar-refractivity contribution in [1.82, 2.24) is 0 Å². The predicted molar refractivity (Wildman–Crippen MR) is 60.0 cm³/mol. The minimum Gasteiger partial charge on any atom is -0.365 e. The van der Waals surface area contributed by atoms with Crippen LogP contribution in [0.5, 0.6) is 0 Å². The van der Waals surface area contributed by atoms with Gasteiger partial charge >= 0.3 is 0 Å². The van der Waals surface area contributed by atoms with Gasteiger partial charge in [0.05, 0.1) is 4.92 Å². The van der Waals surface area contributed by atoms with Gasteiger partial charge in [-0.15, -0.1) is 5.10 Å². The van der Waals surface area contributed by atoms with Crippen LogP contribution in [0, 0.1) is 10.1 Å². The summed E-state index contributed by atoms with van der Waals surface area (Å²) in [6.07, 6.45) is 1.41. The number of hydrazone groups is 1. The second-order valence-corrected chi connectivity index (χ2v) is 3.19. The maximum Gasteiger partial charge on any atom is 0.288 e. The Bertz CT molecular complexity index is 467. The summed E-state index contributed by atoms with van der Waals surface area (Å²) < 4.78 is 0. The van der Waals surface area contributed by atoms with Gasteiger partial charge < -0.3 is 11.5 Å². The third-order valence-corrected chi connectivity index (χ3v) is 1.91. The number of halogens is 1. The molecule has 0 aliphatic carbocycles. The van der Waals surface area contributed by atoms with E-state index in [0.717, 1.165) is 0 Å². The first kappa shape index (κ1) is 11.9. The van der Waals surface area contributed by atoms with Crippen LogP contribution in [-0.2, 0) is 0 Å². The van der Waals surface area contributed by atoms with Crippen LogP contribution < -0.4 is 16.6 Å². The molecule has 0 atom stereocenters. The van der Waals surface area contributed by atoms with E-state index in [4.69, 9.17) is 23.1 Å². The van der Waals surface area contributed by atoms with Gasteiger partial charge in [0, 0.05) is 16.7 Å². The summed E-state index contributed by atoms with van der Waals surface area (Å²) >= 11 is 5.63. The Hall–Kier alpha value is -2.15. The number of benzene rings is 1. The SMILES string of the molecule is NC(N)=N/[NH+]=C\c1ccc(Cl)c([N+](=O)[O-])c1. The van der Waals surface area contributed by atoms with Crippen molar-refractivity contribution in [1.29, 1.82) is 0 Å². The van der Waals surface area contributed by atoms with Gasteiger partial charge in [0.1, 0.15) is 5.02 Å². The van der Waals surface area contributed by atoms with Crippen LogP contribution in [0.25, 0.3) is 0 Å². The van der Waals surface area contributed by atoms with Crippen LogP contribution in [0.1, 0.15) is 5.56 Å². The van der Waals surface area contributed by atoms with Crippen LogP contribution >= 0.6 is 11.6 Å². The molecule has 7 nitrogen and oxygen atoms in total. The third kappa shape index (κ3) is 3.21. The molecule has 0 bridgehead atoms. The zero-order valence-corrected chi connectivity index (χ0v) is 8.81. The fourth-order valence-corrected chi connectivity index (χ4v) is 1.13. The van der Waals surface area contributed by atoms with Crippen LogP contribution in [0.3, 0.4) is 0 Å². The smallest absolute Gasteiger partial charge is 0.288 e. The number of nitrogens with two attached hydrogens (primary N) is 2. The lowest BCUT2D eigenvalue weighted by molar-refractivity contribution is -0.456. The Kier molecular flexibility index (Phi) is 3.78. The predicted octanol–water partition coefficient (Wildman–Crippen LogP) is -1.06. The summed E-state index contributed by atoms with van der Waals surface area (Å²) in [5.41, 5.74) is 10.5. The second kappa shape index (κ2) is 5.08. The molecule has 1 rings (SSSR count). The first-order valence-electron chi connectivity index (χ1n) is 4.12. The van der Waals surface area contributed by atoms with Gasteiger partial charge in [-0.25, -0.2) is 0 Å². The maximum atomic E-state index is 10.6. The molecule has 5 N–H and O–H groups in total. The molecular formula is C8H9ClN5O2+. The van der Waals surface area contributed by atoms with Crippen molar-refractivity contribution in [2.75, 3.05) is 0 Å². The van der Waals surface area contributed by atoms with Gasteiger partial charge in [0.15, 0.2) is 0 Å². The highest BCUT2D eigenvalue weighted by Crippen LogP contribution is 2.23. The number of guanidine groups is 1.